The van der Waals surface area contributed by atoms with Crippen LogP contribution in [-0.4, -0.2) is 13.5 Å². The number of carbonyl (C=O) groups excluding carboxylic acids is 1. The lowest BCUT2D eigenvalue weighted by molar-refractivity contribution is -0.109. The van der Waals surface area contributed by atoms with Gasteiger partial charge in [0.05, 0.1) is 7.11 Å². The van der Waals surface area contributed by atoms with E-state index in [1.54, 1.807) is 7.11 Å². The zero-order valence-electron chi connectivity index (χ0n) is 6.91. The van der Waals surface area contributed by atoms with Crippen LogP contribution in [0, 0.1) is 0 Å². The second-order valence-electron chi connectivity index (χ2n) is 2.31. The first-order valence-corrected chi connectivity index (χ1v) is 3.67. The minimum Gasteiger partial charge on any atom is -0.496 e. The molecular formula is C10H15NO2. The number of carbonyl (C=O) groups is 1. The number of benzene rings is 1. The molecular weight excluding hydrogens is 166 g/mol. The number of hydrogen-bond donors (Lipinski definition) is 1. The molecule has 0 spiro atoms. The molecule has 0 heterocycles. The van der Waals surface area contributed by atoms with Gasteiger partial charge in [-0.05, 0) is 6.07 Å². The van der Waals surface area contributed by atoms with Crippen LogP contribution < -0.4 is 10.1 Å². The monoisotopic (exact) mass is 181 g/mol. The summed E-state index contributed by atoms with van der Waals surface area (Å²) in [6.07, 6.45) is 0.673. The third-order valence-electron chi connectivity index (χ3n) is 1.57. The van der Waals surface area contributed by atoms with Gasteiger partial charge in [0, 0.05) is 12.1 Å². The average Bonchev–Trinajstić information content (AvgIpc) is 2.15. The topological polar surface area (TPSA) is 38.3 Å². The van der Waals surface area contributed by atoms with Crippen molar-refractivity contribution >= 4 is 6.41 Å². The molecule has 1 rings (SSSR count). The maximum Gasteiger partial charge on any atom is 0.207 e. The standard InChI is InChI=1S/C9H11NO2.CH4/c1-12-9-5-3-2-4-8(9)6-10-7-11;/h2-5,7H,6H2,1H3,(H,10,11);1H4. The maximum atomic E-state index is 10.0. The molecule has 0 bridgehead atoms. The Labute approximate surface area is 78.7 Å². The van der Waals surface area contributed by atoms with Gasteiger partial charge >= 0.3 is 0 Å². The fraction of sp³-hybridized carbons (Fsp3) is 0.300. The second-order valence-corrected chi connectivity index (χ2v) is 2.31. The van der Waals surface area contributed by atoms with E-state index in [0.29, 0.717) is 13.0 Å². The Hall–Kier alpha value is -1.51. The summed E-state index contributed by atoms with van der Waals surface area (Å²) in [4.78, 5) is 10.0. The van der Waals surface area contributed by atoms with Gasteiger partial charge in [-0.2, -0.15) is 0 Å². The molecule has 13 heavy (non-hydrogen) atoms. The van der Waals surface area contributed by atoms with Gasteiger partial charge < -0.3 is 10.1 Å². The van der Waals surface area contributed by atoms with Crippen LogP contribution in [0.15, 0.2) is 24.3 Å². The number of amides is 1. The summed E-state index contributed by atoms with van der Waals surface area (Å²) in [6, 6.07) is 7.57. The molecule has 0 radical (unpaired) electrons. The van der Waals surface area contributed by atoms with E-state index in [9.17, 15) is 4.79 Å². The van der Waals surface area contributed by atoms with Crippen LogP contribution in [0.4, 0.5) is 0 Å². The van der Waals surface area contributed by atoms with Gasteiger partial charge in [-0.3, -0.25) is 4.79 Å². The largest absolute Gasteiger partial charge is 0.496 e. The second kappa shape index (κ2) is 6.06. The van der Waals surface area contributed by atoms with Gasteiger partial charge in [0.15, 0.2) is 0 Å². The molecule has 0 aliphatic carbocycles. The first kappa shape index (κ1) is 11.5. The summed E-state index contributed by atoms with van der Waals surface area (Å²) in [5, 5.41) is 2.58. The molecule has 1 N–H and O–H groups in total. The van der Waals surface area contributed by atoms with Crippen molar-refractivity contribution < 1.29 is 9.53 Å². The molecule has 0 saturated carbocycles. The number of hydrogen-bond acceptors (Lipinski definition) is 2. The number of nitrogens with one attached hydrogen (secondary N) is 1. The van der Waals surface area contributed by atoms with Crippen LogP contribution in [0.5, 0.6) is 5.75 Å². The normalized spacial score (nSPS) is 8.38. The number of methoxy groups -OCH3 is 1. The molecule has 0 aliphatic rings. The fourth-order valence-electron chi connectivity index (χ4n) is 1.00. The Balaban J connectivity index is 0.00000144. The van der Waals surface area contributed by atoms with Crippen LogP contribution >= 0.6 is 0 Å². The molecule has 1 aromatic carbocycles. The highest BCUT2D eigenvalue weighted by Gasteiger charge is 1.98. The van der Waals surface area contributed by atoms with Crippen molar-refractivity contribution in [2.24, 2.45) is 0 Å². The predicted octanol–water partition coefficient (Wildman–Crippen LogP) is 1.58. The maximum absolute atomic E-state index is 10.0. The molecule has 1 amide bonds. The summed E-state index contributed by atoms with van der Waals surface area (Å²) in [5.41, 5.74) is 0.979. The molecule has 0 fully saturated rings. The molecule has 0 saturated heterocycles. The van der Waals surface area contributed by atoms with E-state index in [-0.39, 0.29) is 7.43 Å². The first-order chi connectivity index (χ1) is 5.88. The summed E-state index contributed by atoms with van der Waals surface area (Å²) < 4.78 is 5.09. The van der Waals surface area contributed by atoms with Crippen LogP contribution in [0.1, 0.15) is 13.0 Å². The number of ether oxygens (including phenoxy) is 1. The van der Waals surface area contributed by atoms with Gasteiger partial charge in [-0.15, -0.1) is 0 Å². The Morgan fingerprint density at radius 1 is 1.46 bits per heavy atom. The molecule has 0 atom stereocenters. The Morgan fingerprint density at radius 2 is 2.15 bits per heavy atom. The van der Waals surface area contributed by atoms with Crippen molar-refractivity contribution in [1.29, 1.82) is 0 Å². The lowest BCUT2D eigenvalue weighted by Crippen LogP contribution is -2.10. The van der Waals surface area contributed by atoms with Crippen molar-refractivity contribution in [3.63, 3.8) is 0 Å². The van der Waals surface area contributed by atoms with Crippen LogP contribution in [-0.2, 0) is 11.3 Å². The highest BCUT2D eigenvalue weighted by atomic mass is 16.5. The molecule has 72 valence electrons. The van der Waals surface area contributed by atoms with Crippen molar-refractivity contribution in [3.05, 3.63) is 29.8 Å². The first-order valence-electron chi connectivity index (χ1n) is 3.67. The summed E-state index contributed by atoms with van der Waals surface area (Å²) in [5.74, 6) is 0.798. The summed E-state index contributed by atoms with van der Waals surface area (Å²) >= 11 is 0. The van der Waals surface area contributed by atoms with Crippen molar-refractivity contribution in [1.82, 2.24) is 5.32 Å². The zero-order chi connectivity index (χ0) is 8.81. The number of rotatable bonds is 4. The van der Waals surface area contributed by atoms with Gasteiger partial charge in [0.25, 0.3) is 0 Å². The molecule has 0 aromatic heterocycles. The summed E-state index contributed by atoms with van der Waals surface area (Å²) in [6.45, 7) is 0.507. The van der Waals surface area contributed by atoms with Crippen LogP contribution in [0.25, 0.3) is 0 Å². The van der Waals surface area contributed by atoms with Gasteiger partial charge in [-0.25, -0.2) is 0 Å². The Morgan fingerprint density at radius 3 is 2.77 bits per heavy atom. The van der Waals surface area contributed by atoms with E-state index in [1.807, 2.05) is 24.3 Å². The lowest BCUT2D eigenvalue weighted by atomic mass is 10.2. The predicted molar refractivity (Wildman–Crippen MR) is 52.6 cm³/mol. The number of para-hydroxylation sites is 1. The van der Waals surface area contributed by atoms with Gasteiger partial charge in [-0.1, -0.05) is 25.6 Å². The van der Waals surface area contributed by atoms with Crippen LogP contribution in [0.3, 0.4) is 0 Å². The van der Waals surface area contributed by atoms with E-state index in [1.165, 1.54) is 0 Å². The minimum atomic E-state index is 0. The van der Waals surface area contributed by atoms with E-state index >= 15 is 0 Å². The summed E-state index contributed by atoms with van der Waals surface area (Å²) in [7, 11) is 1.61. The third kappa shape index (κ3) is 3.15. The fourth-order valence-corrected chi connectivity index (χ4v) is 1.00. The molecule has 0 unspecified atom stereocenters. The van der Waals surface area contributed by atoms with Crippen molar-refractivity contribution in [2.45, 2.75) is 14.0 Å². The molecule has 1 aromatic rings. The quantitative estimate of drug-likeness (QED) is 0.716. The molecule has 3 heteroatoms. The van der Waals surface area contributed by atoms with E-state index in [0.717, 1.165) is 11.3 Å². The SMILES string of the molecule is C.COc1ccccc1CNC=O. The Kier molecular flexibility index (Phi) is 5.35. The highest BCUT2D eigenvalue weighted by Crippen LogP contribution is 2.16. The van der Waals surface area contributed by atoms with Gasteiger partial charge in [0.2, 0.25) is 6.41 Å². The zero-order valence-corrected chi connectivity index (χ0v) is 6.91. The van der Waals surface area contributed by atoms with Crippen molar-refractivity contribution in [3.8, 4) is 5.75 Å². The van der Waals surface area contributed by atoms with Crippen molar-refractivity contribution in [2.75, 3.05) is 7.11 Å². The highest BCUT2D eigenvalue weighted by molar-refractivity contribution is 5.47. The van der Waals surface area contributed by atoms with E-state index in [4.69, 9.17) is 4.74 Å². The van der Waals surface area contributed by atoms with Gasteiger partial charge in [0.1, 0.15) is 5.75 Å². The minimum absolute atomic E-state index is 0. The molecule has 3 nitrogen and oxygen atoms in total. The third-order valence-corrected chi connectivity index (χ3v) is 1.57. The lowest BCUT2D eigenvalue weighted by Gasteiger charge is -2.06. The van der Waals surface area contributed by atoms with E-state index < -0.39 is 0 Å². The van der Waals surface area contributed by atoms with E-state index in [2.05, 4.69) is 5.32 Å². The Bertz CT molecular complexity index is 261. The van der Waals surface area contributed by atoms with Crippen LogP contribution in [0.2, 0.25) is 0 Å². The smallest absolute Gasteiger partial charge is 0.207 e. The molecule has 0 aliphatic heterocycles. The average molecular weight is 181 g/mol.